The largest absolute Gasteiger partial charge is 0.394 e. The molecule has 37 heavy (non-hydrogen) atoms. The predicted octanol–water partition coefficient (Wildman–Crippen LogP) is 4.39. The monoisotopic (exact) mass is 502 g/mol. The summed E-state index contributed by atoms with van der Waals surface area (Å²) >= 11 is 0. The van der Waals surface area contributed by atoms with Gasteiger partial charge in [0.15, 0.2) is 0 Å². The first-order chi connectivity index (χ1) is 17.8. The van der Waals surface area contributed by atoms with Crippen LogP contribution in [0.2, 0.25) is 0 Å². The Morgan fingerprint density at radius 3 is 2.43 bits per heavy atom. The van der Waals surface area contributed by atoms with Crippen molar-refractivity contribution in [2.24, 2.45) is 0 Å². The smallest absolute Gasteiger partial charge is 0.254 e. The van der Waals surface area contributed by atoms with Gasteiger partial charge in [0.2, 0.25) is 0 Å². The molecule has 0 bridgehead atoms. The van der Waals surface area contributed by atoms with E-state index in [2.05, 4.69) is 20.2 Å². The van der Waals surface area contributed by atoms with Crippen LogP contribution < -0.4 is 10.6 Å². The maximum Gasteiger partial charge on any atom is 0.254 e. The van der Waals surface area contributed by atoms with Gasteiger partial charge < -0.3 is 20.3 Å². The molecule has 2 aromatic carbocycles. The van der Waals surface area contributed by atoms with Crippen molar-refractivity contribution in [3.63, 3.8) is 0 Å². The first kappa shape index (κ1) is 26.0. The van der Waals surface area contributed by atoms with Gasteiger partial charge in [-0.25, -0.2) is 4.39 Å². The molecule has 2 heterocycles. The Hall–Kier alpha value is -4.04. The lowest BCUT2D eigenvalue weighted by Crippen LogP contribution is -2.34. The number of hydrogen-bond donors (Lipinski definition) is 3. The molecule has 0 spiro atoms. The van der Waals surface area contributed by atoms with Crippen molar-refractivity contribution in [2.45, 2.75) is 45.8 Å². The third-order valence-electron chi connectivity index (χ3n) is 6.19. The van der Waals surface area contributed by atoms with E-state index in [1.165, 1.54) is 12.3 Å². The molecule has 0 aliphatic carbocycles. The number of fused-ring (bicyclic) bond motifs is 1. The number of pyridine rings is 1. The average Bonchev–Trinajstić information content (AvgIpc) is 3.21. The molecule has 4 aromatic rings. The fourth-order valence-corrected chi connectivity index (χ4v) is 4.46. The van der Waals surface area contributed by atoms with E-state index < -0.39 is 5.82 Å². The quantitative estimate of drug-likeness (QED) is 0.316. The molecule has 8 heteroatoms. The molecule has 0 radical (unpaired) electrons. The highest BCUT2D eigenvalue weighted by atomic mass is 19.1. The summed E-state index contributed by atoms with van der Waals surface area (Å²) < 4.78 is 15.7. The molecule has 0 fully saturated rings. The van der Waals surface area contributed by atoms with Crippen LogP contribution in [0.3, 0.4) is 0 Å². The van der Waals surface area contributed by atoms with Crippen LogP contribution in [0, 0.1) is 5.82 Å². The maximum absolute atomic E-state index is 13.6. The number of nitrogens with one attached hydrogen (secondary N) is 2. The maximum atomic E-state index is 13.6. The molecule has 0 aliphatic heterocycles. The Morgan fingerprint density at radius 2 is 1.76 bits per heavy atom. The van der Waals surface area contributed by atoms with Crippen LogP contribution in [0.4, 0.5) is 4.39 Å². The first-order valence-corrected chi connectivity index (χ1v) is 12.3. The van der Waals surface area contributed by atoms with Gasteiger partial charge in [-0.1, -0.05) is 50.2 Å². The summed E-state index contributed by atoms with van der Waals surface area (Å²) in [6, 6.07) is 16.1. The molecule has 192 valence electrons. The summed E-state index contributed by atoms with van der Waals surface area (Å²) in [6.45, 7) is 6.26. The molecule has 3 N–H and O–H groups in total. The number of carbonyl (C=O) groups is 2. The minimum atomic E-state index is -0.463. The summed E-state index contributed by atoms with van der Waals surface area (Å²) in [5.41, 5.74) is 4.19. The molecule has 4 rings (SSSR count). The molecule has 1 unspecified atom stereocenters. The summed E-state index contributed by atoms with van der Waals surface area (Å²) in [6.07, 6.45) is 2.64. The number of aliphatic hydroxyl groups is 1. The number of aliphatic hydroxyl groups excluding tert-OH is 1. The zero-order chi connectivity index (χ0) is 26.5. The summed E-state index contributed by atoms with van der Waals surface area (Å²) in [5, 5.41) is 15.7. The van der Waals surface area contributed by atoms with Crippen molar-refractivity contribution in [2.75, 3.05) is 6.61 Å². The van der Waals surface area contributed by atoms with Crippen molar-refractivity contribution in [1.29, 1.82) is 0 Å². The van der Waals surface area contributed by atoms with Crippen LogP contribution in [-0.2, 0) is 13.1 Å². The van der Waals surface area contributed by atoms with Crippen molar-refractivity contribution in [3.8, 4) is 0 Å². The molecule has 2 aromatic heterocycles. The number of rotatable bonds is 9. The second kappa shape index (κ2) is 11.3. The summed E-state index contributed by atoms with van der Waals surface area (Å²) in [4.78, 5) is 30.2. The average molecular weight is 503 g/mol. The first-order valence-electron chi connectivity index (χ1n) is 12.3. The van der Waals surface area contributed by atoms with Gasteiger partial charge in [0.25, 0.3) is 11.8 Å². The number of halogens is 1. The van der Waals surface area contributed by atoms with E-state index in [9.17, 15) is 19.1 Å². The van der Waals surface area contributed by atoms with Crippen LogP contribution in [0.5, 0.6) is 0 Å². The topological polar surface area (TPSA) is 96.2 Å². The normalized spacial score (nSPS) is 12.1. The molecule has 0 saturated carbocycles. The zero-order valence-electron chi connectivity index (χ0n) is 21.2. The van der Waals surface area contributed by atoms with Crippen LogP contribution in [0.15, 0.2) is 67.0 Å². The second-order valence-corrected chi connectivity index (χ2v) is 9.47. The molecular formula is C29H31FN4O3. The van der Waals surface area contributed by atoms with Crippen LogP contribution in [0.25, 0.3) is 10.9 Å². The Kier molecular flexibility index (Phi) is 7.98. The van der Waals surface area contributed by atoms with Crippen molar-refractivity contribution < 1.29 is 19.1 Å². The van der Waals surface area contributed by atoms with Gasteiger partial charge in [0, 0.05) is 42.0 Å². The fourth-order valence-electron chi connectivity index (χ4n) is 4.46. The molecule has 0 saturated heterocycles. The number of nitrogens with zero attached hydrogens (tertiary/aromatic N) is 2. The highest BCUT2D eigenvalue weighted by Crippen LogP contribution is 2.33. The molecule has 2 amide bonds. The minimum absolute atomic E-state index is 0.000568. The Labute approximate surface area is 215 Å². The molecular weight excluding hydrogens is 471 g/mol. The third kappa shape index (κ3) is 5.86. The lowest BCUT2D eigenvalue weighted by Gasteiger charge is -2.16. The lowest BCUT2D eigenvalue weighted by atomic mass is 10.0. The van der Waals surface area contributed by atoms with Gasteiger partial charge in [-0.3, -0.25) is 14.6 Å². The van der Waals surface area contributed by atoms with Crippen LogP contribution in [-0.4, -0.2) is 39.1 Å². The summed E-state index contributed by atoms with van der Waals surface area (Å²) in [5.74, 6) is -1.04. The zero-order valence-corrected chi connectivity index (χ0v) is 21.2. The highest BCUT2D eigenvalue weighted by molar-refractivity contribution is 6.10. The second-order valence-electron chi connectivity index (χ2n) is 9.47. The predicted molar refractivity (Wildman–Crippen MR) is 141 cm³/mol. The van der Waals surface area contributed by atoms with Gasteiger partial charge in [-0.15, -0.1) is 0 Å². The van der Waals surface area contributed by atoms with E-state index in [1.54, 1.807) is 25.1 Å². The van der Waals surface area contributed by atoms with Crippen molar-refractivity contribution in [3.05, 3.63) is 101 Å². The fraction of sp³-hybridized carbons (Fsp3) is 0.276. The van der Waals surface area contributed by atoms with Crippen LogP contribution in [0.1, 0.15) is 64.2 Å². The Bertz CT molecular complexity index is 1420. The van der Waals surface area contributed by atoms with Crippen molar-refractivity contribution in [1.82, 2.24) is 20.2 Å². The standard InChI is InChI=1S/C29H31FN4O3/c1-18(2)27-26(29(37)32-14-21-11-23(30)15-31-13-21)24-10-9-22(28(36)33-19(3)17-35)12-25(24)34(27)16-20-7-5-4-6-8-20/h4-13,15,18-19,35H,14,16-17H2,1-3H3,(H,32,37)(H,33,36). The number of hydrogen-bond acceptors (Lipinski definition) is 4. The van der Waals surface area contributed by atoms with E-state index in [1.807, 2.05) is 44.2 Å². The van der Waals surface area contributed by atoms with Gasteiger partial charge in [-0.05, 0) is 42.2 Å². The van der Waals surface area contributed by atoms with E-state index in [0.29, 0.717) is 23.2 Å². The van der Waals surface area contributed by atoms with Gasteiger partial charge in [0.05, 0.1) is 23.9 Å². The Balaban J connectivity index is 1.81. The highest BCUT2D eigenvalue weighted by Gasteiger charge is 2.25. The van der Waals surface area contributed by atoms with Gasteiger partial charge in [0.1, 0.15) is 5.82 Å². The number of carbonyl (C=O) groups excluding carboxylic acids is 2. The minimum Gasteiger partial charge on any atom is -0.394 e. The molecule has 0 aliphatic rings. The SMILES string of the molecule is CC(CO)NC(=O)c1ccc2c(C(=O)NCc3cncc(F)c3)c(C(C)C)n(Cc3ccccc3)c2c1. The van der Waals surface area contributed by atoms with Crippen LogP contribution >= 0.6 is 0 Å². The van der Waals surface area contributed by atoms with Gasteiger partial charge in [-0.2, -0.15) is 0 Å². The molecule has 1 atom stereocenters. The van der Waals surface area contributed by atoms with E-state index in [-0.39, 0.29) is 36.9 Å². The van der Waals surface area contributed by atoms with E-state index >= 15 is 0 Å². The number of aromatic nitrogens is 2. The number of amides is 2. The third-order valence-corrected chi connectivity index (χ3v) is 6.19. The summed E-state index contributed by atoms with van der Waals surface area (Å²) in [7, 11) is 0. The molecule has 7 nitrogen and oxygen atoms in total. The van der Waals surface area contributed by atoms with Crippen molar-refractivity contribution >= 4 is 22.7 Å². The number of benzene rings is 2. The van der Waals surface area contributed by atoms with Gasteiger partial charge >= 0.3 is 0 Å². The Morgan fingerprint density at radius 1 is 1.00 bits per heavy atom. The van der Waals surface area contributed by atoms with E-state index in [0.717, 1.165) is 28.4 Å². The lowest BCUT2D eigenvalue weighted by molar-refractivity contribution is 0.0920. The van der Waals surface area contributed by atoms with E-state index in [4.69, 9.17) is 0 Å².